The Kier molecular flexibility index (Phi) is 3.16. The fraction of sp³-hybridized carbons (Fsp3) is 0.429. The standard InChI is InChI=1S/C7H11N3S/c1-2-5-11-6-3-4-9-7(8)10-6/h3-4H,2,5H2,1H3,(H2,8,9,10). The van der Waals surface area contributed by atoms with E-state index in [1.807, 2.05) is 6.07 Å². The molecule has 1 aromatic rings. The van der Waals surface area contributed by atoms with Gasteiger partial charge in [0.1, 0.15) is 5.03 Å². The van der Waals surface area contributed by atoms with Gasteiger partial charge in [-0.1, -0.05) is 6.92 Å². The van der Waals surface area contributed by atoms with Crippen molar-refractivity contribution in [3.8, 4) is 0 Å². The monoisotopic (exact) mass is 169 g/mol. The van der Waals surface area contributed by atoms with E-state index in [1.165, 1.54) is 0 Å². The number of rotatable bonds is 3. The van der Waals surface area contributed by atoms with Crippen LogP contribution in [0.4, 0.5) is 5.95 Å². The molecule has 0 radical (unpaired) electrons. The molecule has 0 amide bonds. The van der Waals surface area contributed by atoms with Gasteiger partial charge in [-0.05, 0) is 18.2 Å². The molecule has 0 bridgehead atoms. The summed E-state index contributed by atoms with van der Waals surface area (Å²) in [6.07, 6.45) is 2.83. The van der Waals surface area contributed by atoms with Crippen LogP contribution in [0.15, 0.2) is 17.3 Å². The number of nitrogens with two attached hydrogens (primary N) is 1. The Labute approximate surface area is 70.4 Å². The predicted octanol–water partition coefficient (Wildman–Crippen LogP) is 1.56. The Morgan fingerprint density at radius 1 is 1.64 bits per heavy atom. The molecule has 0 fully saturated rings. The Balaban J connectivity index is 2.56. The maximum Gasteiger partial charge on any atom is 0.221 e. The number of hydrogen-bond acceptors (Lipinski definition) is 4. The maximum atomic E-state index is 5.39. The fourth-order valence-electron chi connectivity index (χ4n) is 0.643. The third kappa shape index (κ3) is 2.76. The minimum atomic E-state index is 0.353. The van der Waals surface area contributed by atoms with E-state index in [1.54, 1.807) is 18.0 Å². The predicted molar refractivity (Wildman–Crippen MR) is 47.5 cm³/mol. The summed E-state index contributed by atoms with van der Waals surface area (Å²) in [7, 11) is 0. The van der Waals surface area contributed by atoms with Gasteiger partial charge in [0.15, 0.2) is 0 Å². The van der Waals surface area contributed by atoms with Gasteiger partial charge in [-0.2, -0.15) is 0 Å². The van der Waals surface area contributed by atoms with E-state index in [0.29, 0.717) is 5.95 Å². The lowest BCUT2D eigenvalue weighted by Gasteiger charge is -1.97. The average molecular weight is 169 g/mol. The van der Waals surface area contributed by atoms with Crippen LogP contribution in [0.5, 0.6) is 0 Å². The summed E-state index contributed by atoms with van der Waals surface area (Å²) >= 11 is 1.70. The summed E-state index contributed by atoms with van der Waals surface area (Å²) < 4.78 is 0. The van der Waals surface area contributed by atoms with Crippen molar-refractivity contribution >= 4 is 17.7 Å². The summed E-state index contributed by atoms with van der Waals surface area (Å²) in [5.74, 6) is 1.43. The van der Waals surface area contributed by atoms with Crippen LogP contribution in [0.1, 0.15) is 13.3 Å². The number of nitrogens with zero attached hydrogens (tertiary/aromatic N) is 2. The first-order chi connectivity index (χ1) is 5.33. The zero-order chi connectivity index (χ0) is 8.10. The summed E-state index contributed by atoms with van der Waals surface area (Å²) in [5.41, 5.74) is 5.39. The van der Waals surface area contributed by atoms with Gasteiger partial charge in [-0.15, -0.1) is 11.8 Å². The first kappa shape index (κ1) is 8.33. The lowest BCUT2D eigenvalue weighted by atomic mass is 10.6. The quantitative estimate of drug-likeness (QED) is 0.551. The van der Waals surface area contributed by atoms with Crippen LogP contribution >= 0.6 is 11.8 Å². The van der Waals surface area contributed by atoms with Crippen molar-refractivity contribution in [1.29, 1.82) is 0 Å². The molecule has 4 heteroatoms. The van der Waals surface area contributed by atoms with Gasteiger partial charge >= 0.3 is 0 Å². The summed E-state index contributed by atoms with van der Waals surface area (Å²) in [5, 5.41) is 0.958. The van der Waals surface area contributed by atoms with Crippen molar-refractivity contribution < 1.29 is 0 Å². The zero-order valence-electron chi connectivity index (χ0n) is 6.45. The molecule has 0 spiro atoms. The summed E-state index contributed by atoms with van der Waals surface area (Å²) in [4.78, 5) is 7.84. The maximum absolute atomic E-state index is 5.39. The molecule has 3 nitrogen and oxygen atoms in total. The second kappa shape index (κ2) is 4.18. The van der Waals surface area contributed by atoms with Crippen LogP contribution < -0.4 is 5.73 Å². The van der Waals surface area contributed by atoms with Crippen molar-refractivity contribution in [2.24, 2.45) is 0 Å². The number of thioether (sulfide) groups is 1. The molecule has 0 aliphatic carbocycles. The summed E-state index contributed by atoms with van der Waals surface area (Å²) in [6, 6.07) is 1.87. The molecule has 0 aromatic carbocycles. The highest BCUT2D eigenvalue weighted by Gasteiger charge is 1.94. The molecule has 11 heavy (non-hydrogen) atoms. The molecule has 1 heterocycles. The van der Waals surface area contributed by atoms with Gasteiger partial charge in [0.05, 0.1) is 0 Å². The van der Waals surface area contributed by atoms with Crippen molar-refractivity contribution in [1.82, 2.24) is 9.97 Å². The number of anilines is 1. The van der Waals surface area contributed by atoms with Gasteiger partial charge in [-0.25, -0.2) is 9.97 Å². The van der Waals surface area contributed by atoms with Crippen LogP contribution in [-0.4, -0.2) is 15.7 Å². The topological polar surface area (TPSA) is 51.8 Å². The van der Waals surface area contributed by atoms with Crippen LogP contribution in [-0.2, 0) is 0 Å². The van der Waals surface area contributed by atoms with Crippen LogP contribution in [0.25, 0.3) is 0 Å². The fourth-order valence-corrected chi connectivity index (χ4v) is 1.37. The normalized spacial score (nSPS) is 9.91. The molecule has 0 aliphatic heterocycles. The first-order valence-corrected chi connectivity index (χ1v) is 4.53. The highest BCUT2D eigenvalue weighted by molar-refractivity contribution is 7.99. The number of nitrogen functional groups attached to an aromatic ring is 1. The second-order valence-electron chi connectivity index (χ2n) is 2.10. The van der Waals surface area contributed by atoms with Crippen molar-refractivity contribution in [2.45, 2.75) is 18.4 Å². The van der Waals surface area contributed by atoms with E-state index in [-0.39, 0.29) is 0 Å². The van der Waals surface area contributed by atoms with E-state index in [9.17, 15) is 0 Å². The van der Waals surface area contributed by atoms with Crippen molar-refractivity contribution in [3.05, 3.63) is 12.3 Å². The molecule has 1 rings (SSSR count). The number of aromatic nitrogens is 2. The van der Waals surface area contributed by atoms with E-state index >= 15 is 0 Å². The molecular weight excluding hydrogens is 158 g/mol. The highest BCUT2D eigenvalue weighted by atomic mass is 32.2. The Morgan fingerprint density at radius 2 is 2.45 bits per heavy atom. The second-order valence-corrected chi connectivity index (χ2v) is 3.22. The van der Waals surface area contributed by atoms with Crippen molar-refractivity contribution in [3.63, 3.8) is 0 Å². The third-order valence-electron chi connectivity index (χ3n) is 1.10. The first-order valence-electron chi connectivity index (χ1n) is 3.54. The molecular formula is C7H11N3S. The highest BCUT2D eigenvalue weighted by Crippen LogP contribution is 2.15. The third-order valence-corrected chi connectivity index (χ3v) is 2.24. The SMILES string of the molecule is CCCSc1ccnc(N)n1. The Bertz CT molecular complexity index is 227. The van der Waals surface area contributed by atoms with Crippen LogP contribution in [0.3, 0.4) is 0 Å². The van der Waals surface area contributed by atoms with Gasteiger partial charge in [0.25, 0.3) is 0 Å². The minimum absolute atomic E-state index is 0.353. The molecule has 60 valence electrons. The Hall–Kier alpha value is -0.770. The zero-order valence-corrected chi connectivity index (χ0v) is 7.27. The van der Waals surface area contributed by atoms with Gasteiger partial charge in [0.2, 0.25) is 5.95 Å². The molecule has 0 saturated carbocycles. The van der Waals surface area contributed by atoms with E-state index in [2.05, 4.69) is 16.9 Å². The molecule has 1 aromatic heterocycles. The Morgan fingerprint density at radius 3 is 3.09 bits per heavy atom. The average Bonchev–Trinajstić information content (AvgIpc) is 2.01. The lowest BCUT2D eigenvalue weighted by molar-refractivity contribution is 1.05. The van der Waals surface area contributed by atoms with Crippen LogP contribution in [0.2, 0.25) is 0 Å². The van der Waals surface area contributed by atoms with Crippen molar-refractivity contribution in [2.75, 3.05) is 11.5 Å². The molecule has 0 saturated heterocycles. The minimum Gasteiger partial charge on any atom is -0.368 e. The molecule has 2 N–H and O–H groups in total. The van der Waals surface area contributed by atoms with Gasteiger partial charge < -0.3 is 5.73 Å². The molecule has 0 atom stereocenters. The van der Waals surface area contributed by atoms with Crippen LogP contribution in [0, 0.1) is 0 Å². The molecule has 0 aliphatic rings. The number of hydrogen-bond donors (Lipinski definition) is 1. The van der Waals surface area contributed by atoms with E-state index in [4.69, 9.17) is 5.73 Å². The van der Waals surface area contributed by atoms with E-state index < -0.39 is 0 Å². The van der Waals surface area contributed by atoms with Gasteiger partial charge in [-0.3, -0.25) is 0 Å². The largest absolute Gasteiger partial charge is 0.368 e. The molecule has 0 unspecified atom stereocenters. The lowest BCUT2D eigenvalue weighted by Crippen LogP contribution is -1.94. The van der Waals surface area contributed by atoms with E-state index in [0.717, 1.165) is 17.2 Å². The smallest absolute Gasteiger partial charge is 0.221 e. The summed E-state index contributed by atoms with van der Waals surface area (Å²) in [6.45, 7) is 2.14. The van der Waals surface area contributed by atoms with Gasteiger partial charge in [0, 0.05) is 6.20 Å².